The molecule has 1 heterocycles. The van der Waals surface area contributed by atoms with E-state index in [0.29, 0.717) is 26.1 Å². The highest BCUT2D eigenvalue weighted by Gasteiger charge is 2.35. The van der Waals surface area contributed by atoms with E-state index in [1.54, 1.807) is 9.80 Å². The van der Waals surface area contributed by atoms with Crippen LogP contribution in [-0.2, 0) is 22.7 Å². The van der Waals surface area contributed by atoms with Gasteiger partial charge in [-0.3, -0.25) is 9.59 Å². The Morgan fingerprint density at radius 1 is 1.00 bits per heavy atom. The Morgan fingerprint density at radius 3 is 2.21 bits per heavy atom. The molecule has 0 radical (unpaired) electrons. The number of hydrogen-bond acceptors (Lipinski definition) is 3. The third kappa shape index (κ3) is 4.71. The van der Waals surface area contributed by atoms with Crippen LogP contribution < -0.4 is 4.90 Å². The summed E-state index contributed by atoms with van der Waals surface area (Å²) in [5, 5.41) is 0. The van der Waals surface area contributed by atoms with E-state index < -0.39 is 0 Å². The molecule has 2 aromatic carbocycles. The molecule has 5 heteroatoms. The topological polar surface area (TPSA) is 43.9 Å². The van der Waals surface area contributed by atoms with Crippen molar-refractivity contribution in [2.45, 2.75) is 26.4 Å². The van der Waals surface area contributed by atoms with Crippen molar-refractivity contribution in [1.29, 1.82) is 0 Å². The van der Waals surface area contributed by atoms with Gasteiger partial charge in [0.1, 0.15) is 0 Å². The van der Waals surface area contributed by atoms with E-state index in [0.717, 1.165) is 16.8 Å². The quantitative estimate of drug-likeness (QED) is 0.775. The highest BCUT2D eigenvalue weighted by Crippen LogP contribution is 2.23. The van der Waals surface area contributed by atoms with Crippen LogP contribution in [0.5, 0.6) is 0 Å². The standard InChI is InChI=1S/C23H29N3O2/c1-17-5-7-19(8-6-17)15-26-16-20(13-22(26)27)23(28)25(4)14-18-9-11-21(12-10-18)24(2)3/h5-12,20H,13-16H2,1-4H3. The van der Waals surface area contributed by atoms with Crippen molar-refractivity contribution >= 4 is 17.5 Å². The van der Waals surface area contributed by atoms with E-state index in [1.807, 2.05) is 69.4 Å². The van der Waals surface area contributed by atoms with Gasteiger partial charge in [0.25, 0.3) is 0 Å². The molecule has 0 spiro atoms. The van der Waals surface area contributed by atoms with Gasteiger partial charge in [0.05, 0.1) is 5.92 Å². The molecule has 5 nitrogen and oxygen atoms in total. The second-order valence-electron chi connectivity index (χ2n) is 7.92. The first-order valence-electron chi connectivity index (χ1n) is 9.68. The van der Waals surface area contributed by atoms with Gasteiger partial charge in [0, 0.05) is 52.9 Å². The van der Waals surface area contributed by atoms with Gasteiger partial charge in [-0.2, -0.15) is 0 Å². The molecule has 2 aromatic rings. The van der Waals surface area contributed by atoms with Crippen molar-refractivity contribution in [3.05, 3.63) is 65.2 Å². The monoisotopic (exact) mass is 379 g/mol. The fourth-order valence-electron chi connectivity index (χ4n) is 3.57. The predicted octanol–water partition coefficient (Wildman–Crippen LogP) is 3.07. The maximum absolute atomic E-state index is 12.9. The van der Waals surface area contributed by atoms with Crippen molar-refractivity contribution < 1.29 is 9.59 Å². The number of amides is 2. The molecular weight excluding hydrogens is 350 g/mol. The van der Waals surface area contributed by atoms with E-state index in [9.17, 15) is 9.59 Å². The van der Waals surface area contributed by atoms with Gasteiger partial charge in [-0.1, -0.05) is 42.0 Å². The summed E-state index contributed by atoms with van der Waals surface area (Å²) in [6.07, 6.45) is 0.300. The lowest BCUT2D eigenvalue weighted by atomic mass is 10.1. The van der Waals surface area contributed by atoms with Gasteiger partial charge in [0.15, 0.2) is 0 Å². The van der Waals surface area contributed by atoms with Crippen LogP contribution in [-0.4, -0.2) is 49.3 Å². The highest BCUT2D eigenvalue weighted by molar-refractivity contribution is 5.89. The Morgan fingerprint density at radius 2 is 1.61 bits per heavy atom. The number of benzene rings is 2. The molecule has 2 amide bonds. The number of nitrogens with zero attached hydrogens (tertiary/aromatic N) is 3. The Balaban J connectivity index is 1.57. The molecule has 148 valence electrons. The molecule has 0 bridgehead atoms. The molecule has 1 unspecified atom stereocenters. The minimum absolute atomic E-state index is 0.0384. The van der Waals surface area contributed by atoms with E-state index in [2.05, 4.69) is 12.1 Å². The molecule has 1 aliphatic heterocycles. The molecule has 0 saturated carbocycles. The third-order valence-electron chi connectivity index (χ3n) is 5.31. The van der Waals surface area contributed by atoms with Crippen LogP contribution >= 0.6 is 0 Å². The first-order valence-corrected chi connectivity index (χ1v) is 9.68. The summed E-state index contributed by atoms with van der Waals surface area (Å²) in [5.74, 6) is -0.164. The average Bonchev–Trinajstić information content (AvgIpc) is 3.03. The second-order valence-corrected chi connectivity index (χ2v) is 7.92. The van der Waals surface area contributed by atoms with Gasteiger partial charge in [0.2, 0.25) is 11.8 Å². The molecule has 28 heavy (non-hydrogen) atoms. The van der Waals surface area contributed by atoms with Crippen molar-refractivity contribution in [2.24, 2.45) is 5.92 Å². The van der Waals surface area contributed by atoms with Crippen LogP contribution in [0, 0.1) is 12.8 Å². The number of anilines is 1. The fraction of sp³-hybridized carbons (Fsp3) is 0.391. The minimum Gasteiger partial charge on any atom is -0.378 e. The normalized spacial score (nSPS) is 16.4. The van der Waals surface area contributed by atoms with Gasteiger partial charge in [-0.15, -0.1) is 0 Å². The predicted molar refractivity (Wildman–Crippen MR) is 112 cm³/mol. The Bertz CT molecular complexity index is 828. The maximum atomic E-state index is 12.9. The summed E-state index contributed by atoms with van der Waals surface area (Å²) in [6, 6.07) is 16.4. The van der Waals surface area contributed by atoms with E-state index >= 15 is 0 Å². The Hall–Kier alpha value is -2.82. The fourth-order valence-corrected chi connectivity index (χ4v) is 3.57. The molecule has 0 aromatic heterocycles. The van der Waals surface area contributed by atoms with Crippen molar-refractivity contribution in [3.8, 4) is 0 Å². The molecular formula is C23H29N3O2. The Kier molecular flexibility index (Phi) is 6.02. The number of carbonyl (C=O) groups excluding carboxylic acids is 2. The van der Waals surface area contributed by atoms with Gasteiger partial charge in [-0.25, -0.2) is 0 Å². The molecule has 0 aliphatic carbocycles. The number of rotatable bonds is 6. The molecule has 0 N–H and O–H groups in total. The lowest BCUT2D eigenvalue weighted by molar-refractivity contribution is -0.135. The first-order chi connectivity index (χ1) is 13.3. The van der Waals surface area contributed by atoms with Crippen LogP contribution in [0.3, 0.4) is 0 Å². The Labute approximate surface area is 167 Å². The first kappa shape index (κ1) is 19.9. The SMILES string of the molecule is Cc1ccc(CN2CC(C(=O)N(C)Cc3ccc(N(C)C)cc3)CC2=O)cc1. The van der Waals surface area contributed by atoms with Gasteiger partial charge < -0.3 is 14.7 Å². The lowest BCUT2D eigenvalue weighted by Crippen LogP contribution is -2.34. The van der Waals surface area contributed by atoms with Crippen LogP contribution in [0.4, 0.5) is 5.69 Å². The minimum atomic E-state index is -0.260. The zero-order valence-electron chi connectivity index (χ0n) is 17.2. The van der Waals surface area contributed by atoms with Crippen LogP contribution in [0.1, 0.15) is 23.1 Å². The number of hydrogen-bond donors (Lipinski definition) is 0. The summed E-state index contributed by atoms with van der Waals surface area (Å²) in [5.41, 5.74) is 4.51. The van der Waals surface area contributed by atoms with Crippen LogP contribution in [0.15, 0.2) is 48.5 Å². The summed E-state index contributed by atoms with van der Waals surface area (Å²) in [6.45, 7) is 3.66. The maximum Gasteiger partial charge on any atom is 0.228 e. The zero-order valence-corrected chi connectivity index (χ0v) is 17.2. The molecule has 1 saturated heterocycles. The largest absolute Gasteiger partial charge is 0.378 e. The van der Waals surface area contributed by atoms with E-state index in [-0.39, 0.29) is 17.7 Å². The van der Waals surface area contributed by atoms with Crippen molar-refractivity contribution in [3.63, 3.8) is 0 Å². The summed E-state index contributed by atoms with van der Waals surface area (Å²) in [7, 11) is 5.82. The zero-order chi connectivity index (χ0) is 20.3. The summed E-state index contributed by atoms with van der Waals surface area (Å²) < 4.78 is 0. The molecule has 1 aliphatic rings. The van der Waals surface area contributed by atoms with Crippen molar-refractivity contribution in [2.75, 3.05) is 32.6 Å². The van der Waals surface area contributed by atoms with Gasteiger partial charge in [-0.05, 0) is 30.2 Å². The summed E-state index contributed by atoms with van der Waals surface area (Å²) in [4.78, 5) is 30.8. The third-order valence-corrected chi connectivity index (χ3v) is 5.31. The van der Waals surface area contributed by atoms with Crippen molar-refractivity contribution in [1.82, 2.24) is 9.80 Å². The highest BCUT2D eigenvalue weighted by atomic mass is 16.2. The average molecular weight is 380 g/mol. The lowest BCUT2D eigenvalue weighted by Gasteiger charge is -2.22. The van der Waals surface area contributed by atoms with Gasteiger partial charge >= 0.3 is 0 Å². The molecule has 3 rings (SSSR count). The van der Waals surface area contributed by atoms with E-state index in [1.165, 1.54) is 5.56 Å². The number of aryl methyl sites for hydroxylation is 1. The van der Waals surface area contributed by atoms with Crippen LogP contribution in [0.2, 0.25) is 0 Å². The second kappa shape index (κ2) is 8.46. The number of likely N-dealkylation sites (tertiary alicyclic amines) is 1. The summed E-state index contributed by atoms with van der Waals surface area (Å²) >= 11 is 0. The van der Waals surface area contributed by atoms with E-state index in [4.69, 9.17) is 0 Å². The number of carbonyl (C=O) groups is 2. The van der Waals surface area contributed by atoms with Crippen LogP contribution in [0.25, 0.3) is 0 Å². The molecule has 1 fully saturated rings. The smallest absolute Gasteiger partial charge is 0.228 e. The molecule has 1 atom stereocenters.